The number of unbranched alkanes of at least 4 members (excludes halogenated alkanes) is 1. The van der Waals surface area contributed by atoms with Gasteiger partial charge in [0.25, 0.3) is 0 Å². The van der Waals surface area contributed by atoms with Crippen LogP contribution in [0.1, 0.15) is 40.0 Å². The first-order chi connectivity index (χ1) is 9.58. The first-order valence-electron chi connectivity index (χ1n) is 7.74. The van der Waals surface area contributed by atoms with Gasteiger partial charge in [0.2, 0.25) is 0 Å². The van der Waals surface area contributed by atoms with Crippen molar-refractivity contribution in [1.82, 2.24) is 4.90 Å². The van der Waals surface area contributed by atoms with E-state index in [1.165, 1.54) is 0 Å². The van der Waals surface area contributed by atoms with Crippen LogP contribution in [-0.4, -0.2) is 42.4 Å². The van der Waals surface area contributed by atoms with Crippen molar-refractivity contribution < 1.29 is 14.3 Å². The lowest BCUT2D eigenvalue weighted by Crippen LogP contribution is -2.39. The van der Waals surface area contributed by atoms with E-state index in [2.05, 4.69) is 17.9 Å². The summed E-state index contributed by atoms with van der Waals surface area (Å²) < 4.78 is 5.06. The molecule has 3 atom stereocenters. The van der Waals surface area contributed by atoms with E-state index in [4.69, 9.17) is 4.74 Å². The van der Waals surface area contributed by atoms with Crippen LogP contribution in [0, 0.1) is 11.8 Å². The van der Waals surface area contributed by atoms with Gasteiger partial charge in [-0.05, 0) is 32.3 Å². The van der Waals surface area contributed by atoms with Crippen LogP contribution in [0.4, 0.5) is 0 Å². The predicted octanol–water partition coefficient (Wildman–Crippen LogP) is 2.19. The topological polar surface area (TPSA) is 46.6 Å². The van der Waals surface area contributed by atoms with Crippen molar-refractivity contribution in [2.75, 3.05) is 19.7 Å². The number of ether oxygens (including phenoxy) is 1. The molecule has 2 aliphatic rings. The fraction of sp³-hybridized carbons (Fsp3) is 0.750. The molecular weight excluding hydrogens is 254 g/mol. The van der Waals surface area contributed by atoms with Gasteiger partial charge < -0.3 is 4.74 Å². The molecule has 2 unspecified atom stereocenters. The average Bonchev–Trinajstić information content (AvgIpc) is 2.96. The zero-order valence-corrected chi connectivity index (χ0v) is 12.7. The number of likely N-dealkylation sites (tertiary alicyclic amines) is 1. The molecule has 0 amide bonds. The second-order valence-corrected chi connectivity index (χ2v) is 5.81. The lowest BCUT2D eigenvalue weighted by molar-refractivity contribution is -0.148. The minimum atomic E-state index is -0.249. The molecule has 0 aromatic rings. The Labute approximate surface area is 121 Å². The second-order valence-electron chi connectivity index (χ2n) is 5.81. The Morgan fingerprint density at radius 1 is 1.45 bits per heavy atom. The number of esters is 1. The van der Waals surface area contributed by atoms with Crippen LogP contribution in [-0.2, 0) is 14.3 Å². The number of rotatable bonds is 6. The summed E-state index contributed by atoms with van der Waals surface area (Å²) in [6.45, 7) is 7.72. The maximum absolute atomic E-state index is 12.3. The molecule has 1 heterocycles. The minimum Gasteiger partial charge on any atom is -0.465 e. The highest BCUT2D eigenvalue weighted by Gasteiger charge is 2.44. The molecule has 0 aromatic heterocycles. The number of carbonyl (C=O) groups is 2. The normalized spacial score (nSPS) is 27.4. The SMILES string of the molecule is CCCCC1=CC2CN([C@@H](C)C(=O)OCC)CC2C1=O. The Hall–Kier alpha value is -1.16. The van der Waals surface area contributed by atoms with E-state index in [0.29, 0.717) is 24.9 Å². The van der Waals surface area contributed by atoms with Gasteiger partial charge in [-0.2, -0.15) is 0 Å². The standard InChI is InChI=1S/C16H25NO3/c1-4-6-7-12-8-13-9-17(10-14(13)15(12)18)11(3)16(19)20-5-2/h8,11,13-14H,4-7,9-10H2,1-3H3/t11-,13?,14?/m0/s1. The monoisotopic (exact) mass is 279 g/mol. The van der Waals surface area contributed by atoms with E-state index in [0.717, 1.165) is 31.4 Å². The third-order valence-corrected chi connectivity index (χ3v) is 4.44. The molecule has 0 N–H and O–H groups in total. The highest BCUT2D eigenvalue weighted by Crippen LogP contribution is 2.36. The zero-order chi connectivity index (χ0) is 14.7. The Morgan fingerprint density at radius 3 is 2.80 bits per heavy atom. The molecule has 4 heteroatoms. The molecular formula is C16H25NO3. The third-order valence-electron chi connectivity index (χ3n) is 4.44. The molecule has 0 bridgehead atoms. The van der Waals surface area contributed by atoms with E-state index in [1.54, 1.807) is 0 Å². The number of nitrogens with zero attached hydrogens (tertiary/aromatic N) is 1. The smallest absolute Gasteiger partial charge is 0.323 e. The predicted molar refractivity (Wildman–Crippen MR) is 77.3 cm³/mol. The van der Waals surface area contributed by atoms with Crippen LogP contribution >= 0.6 is 0 Å². The molecule has 20 heavy (non-hydrogen) atoms. The van der Waals surface area contributed by atoms with E-state index in [-0.39, 0.29) is 17.9 Å². The molecule has 1 saturated heterocycles. The Balaban J connectivity index is 1.95. The van der Waals surface area contributed by atoms with E-state index >= 15 is 0 Å². The first kappa shape index (κ1) is 15.2. The summed E-state index contributed by atoms with van der Waals surface area (Å²) in [5.74, 6) is 0.488. The van der Waals surface area contributed by atoms with Crippen LogP contribution in [0.3, 0.4) is 0 Å². The largest absolute Gasteiger partial charge is 0.465 e. The van der Waals surface area contributed by atoms with Gasteiger partial charge in [-0.1, -0.05) is 19.4 Å². The van der Waals surface area contributed by atoms with Crippen molar-refractivity contribution >= 4 is 11.8 Å². The van der Waals surface area contributed by atoms with Gasteiger partial charge in [-0.25, -0.2) is 0 Å². The van der Waals surface area contributed by atoms with Crippen molar-refractivity contribution in [2.24, 2.45) is 11.8 Å². The van der Waals surface area contributed by atoms with Crippen molar-refractivity contribution in [1.29, 1.82) is 0 Å². The van der Waals surface area contributed by atoms with Crippen LogP contribution < -0.4 is 0 Å². The number of allylic oxidation sites excluding steroid dienone is 1. The number of ketones is 1. The number of hydrogen-bond donors (Lipinski definition) is 0. The highest BCUT2D eigenvalue weighted by atomic mass is 16.5. The maximum Gasteiger partial charge on any atom is 0.323 e. The lowest BCUT2D eigenvalue weighted by atomic mass is 9.97. The minimum absolute atomic E-state index is 0.0683. The van der Waals surface area contributed by atoms with Crippen LogP contribution in [0.5, 0.6) is 0 Å². The summed E-state index contributed by atoms with van der Waals surface area (Å²) in [5.41, 5.74) is 1.02. The van der Waals surface area contributed by atoms with Gasteiger partial charge in [-0.15, -0.1) is 0 Å². The summed E-state index contributed by atoms with van der Waals surface area (Å²) in [6, 6.07) is -0.249. The Bertz CT molecular complexity index is 416. The molecule has 112 valence electrons. The van der Waals surface area contributed by atoms with Gasteiger partial charge in [0.1, 0.15) is 6.04 Å². The summed E-state index contributed by atoms with van der Waals surface area (Å²) in [5, 5.41) is 0. The number of fused-ring (bicyclic) bond motifs is 1. The highest BCUT2D eigenvalue weighted by molar-refractivity contribution is 6.00. The second kappa shape index (κ2) is 6.53. The molecule has 0 spiro atoms. The number of carbonyl (C=O) groups excluding carboxylic acids is 2. The Kier molecular flexibility index (Phi) is 4.97. The lowest BCUT2D eigenvalue weighted by Gasteiger charge is -2.22. The summed E-state index contributed by atoms with van der Waals surface area (Å²) >= 11 is 0. The van der Waals surface area contributed by atoms with Crippen LogP contribution in [0.25, 0.3) is 0 Å². The van der Waals surface area contributed by atoms with Crippen molar-refractivity contribution in [3.63, 3.8) is 0 Å². The first-order valence-corrected chi connectivity index (χ1v) is 7.74. The summed E-state index contributed by atoms with van der Waals surface area (Å²) in [7, 11) is 0. The van der Waals surface area contributed by atoms with Gasteiger partial charge in [0.15, 0.2) is 5.78 Å². The fourth-order valence-corrected chi connectivity index (χ4v) is 3.19. The quantitative estimate of drug-likeness (QED) is 0.699. The molecule has 1 fully saturated rings. The van der Waals surface area contributed by atoms with E-state index < -0.39 is 0 Å². The molecule has 4 nitrogen and oxygen atoms in total. The van der Waals surface area contributed by atoms with Gasteiger partial charge >= 0.3 is 5.97 Å². The van der Waals surface area contributed by atoms with Gasteiger partial charge in [0.05, 0.1) is 6.61 Å². The fourth-order valence-electron chi connectivity index (χ4n) is 3.19. The van der Waals surface area contributed by atoms with Crippen molar-refractivity contribution in [2.45, 2.75) is 46.1 Å². The molecule has 0 aromatic carbocycles. The molecule has 1 aliphatic carbocycles. The van der Waals surface area contributed by atoms with Crippen molar-refractivity contribution in [3.05, 3.63) is 11.6 Å². The van der Waals surface area contributed by atoms with Gasteiger partial charge in [0, 0.05) is 24.9 Å². The van der Waals surface area contributed by atoms with Crippen molar-refractivity contribution in [3.8, 4) is 0 Å². The summed E-state index contributed by atoms with van der Waals surface area (Å²) in [6.07, 6.45) is 5.27. The van der Waals surface area contributed by atoms with Crippen LogP contribution in [0.2, 0.25) is 0 Å². The molecule has 2 rings (SSSR count). The number of Topliss-reactive ketones (excluding diaryl/α,β-unsaturated/α-hetero) is 1. The maximum atomic E-state index is 12.3. The molecule has 0 radical (unpaired) electrons. The molecule has 1 aliphatic heterocycles. The van der Waals surface area contributed by atoms with E-state index in [1.807, 2.05) is 13.8 Å². The van der Waals surface area contributed by atoms with E-state index in [9.17, 15) is 9.59 Å². The molecule has 0 saturated carbocycles. The summed E-state index contributed by atoms with van der Waals surface area (Å²) in [4.78, 5) is 26.2. The Morgan fingerprint density at radius 2 is 2.20 bits per heavy atom. The third kappa shape index (κ3) is 2.95. The van der Waals surface area contributed by atoms with Crippen LogP contribution in [0.15, 0.2) is 11.6 Å². The zero-order valence-electron chi connectivity index (χ0n) is 12.7. The average molecular weight is 279 g/mol. The van der Waals surface area contributed by atoms with Gasteiger partial charge in [-0.3, -0.25) is 14.5 Å². The number of hydrogen-bond acceptors (Lipinski definition) is 4.